The Balaban J connectivity index is 1.56. The number of rotatable bonds is 4. The van der Waals surface area contributed by atoms with Gasteiger partial charge in [0, 0.05) is 29.9 Å². The zero-order valence-corrected chi connectivity index (χ0v) is 15.9. The van der Waals surface area contributed by atoms with E-state index >= 15 is 0 Å². The van der Waals surface area contributed by atoms with Gasteiger partial charge in [-0.25, -0.2) is 8.78 Å². The van der Waals surface area contributed by atoms with Gasteiger partial charge in [0.25, 0.3) is 11.8 Å². The molecular weight excluding hydrogens is 390 g/mol. The number of halogens is 2. The van der Waals surface area contributed by atoms with Crippen molar-refractivity contribution in [2.75, 3.05) is 11.9 Å². The van der Waals surface area contributed by atoms with Crippen LogP contribution in [0, 0.1) is 11.6 Å². The molecule has 3 aromatic carbocycles. The molecule has 4 rings (SSSR count). The van der Waals surface area contributed by atoms with Gasteiger partial charge in [-0.15, -0.1) is 0 Å². The van der Waals surface area contributed by atoms with Crippen LogP contribution in [0.2, 0.25) is 0 Å². The van der Waals surface area contributed by atoms with E-state index in [0.29, 0.717) is 22.6 Å². The van der Waals surface area contributed by atoms with Gasteiger partial charge in [-0.3, -0.25) is 9.59 Å². The van der Waals surface area contributed by atoms with Crippen LogP contribution in [0.3, 0.4) is 0 Å². The molecule has 1 aliphatic heterocycles. The lowest BCUT2D eigenvalue weighted by molar-refractivity contribution is -0.133. The van der Waals surface area contributed by atoms with Gasteiger partial charge >= 0.3 is 0 Å². The van der Waals surface area contributed by atoms with Gasteiger partial charge in [0.05, 0.1) is 5.56 Å². The predicted octanol–water partition coefficient (Wildman–Crippen LogP) is 4.14. The number of benzene rings is 3. The fourth-order valence-electron chi connectivity index (χ4n) is 3.27. The molecule has 0 aromatic heterocycles. The van der Waals surface area contributed by atoms with Crippen LogP contribution in [-0.2, 0) is 17.9 Å². The second-order valence-electron chi connectivity index (χ2n) is 6.89. The van der Waals surface area contributed by atoms with Gasteiger partial charge < -0.3 is 15.0 Å². The lowest BCUT2D eigenvalue weighted by Gasteiger charge is -2.20. The van der Waals surface area contributed by atoms with Gasteiger partial charge in [0.1, 0.15) is 17.4 Å². The topological polar surface area (TPSA) is 58.6 Å². The molecule has 0 aliphatic carbocycles. The Bertz CT molecular complexity index is 1120. The molecule has 0 atom stereocenters. The van der Waals surface area contributed by atoms with E-state index in [1.807, 2.05) is 0 Å². The number of ether oxygens (including phenoxy) is 1. The van der Waals surface area contributed by atoms with E-state index in [2.05, 4.69) is 5.32 Å². The molecular formula is C23H18F2N2O3. The Kier molecular flexibility index (Phi) is 5.43. The second kappa shape index (κ2) is 8.32. The number of amides is 2. The molecule has 1 N–H and O–H groups in total. The smallest absolute Gasteiger partial charge is 0.261 e. The van der Waals surface area contributed by atoms with E-state index < -0.39 is 11.7 Å². The van der Waals surface area contributed by atoms with E-state index in [4.69, 9.17) is 4.74 Å². The Labute approximate surface area is 171 Å². The van der Waals surface area contributed by atoms with E-state index in [0.717, 1.165) is 0 Å². The number of nitrogens with one attached hydrogen (secondary N) is 1. The van der Waals surface area contributed by atoms with Crippen LogP contribution < -0.4 is 10.1 Å². The van der Waals surface area contributed by atoms with Crippen molar-refractivity contribution < 1.29 is 23.1 Å². The Morgan fingerprint density at radius 1 is 1.00 bits per heavy atom. The number of nitrogens with zero attached hydrogens (tertiary/aromatic N) is 1. The minimum atomic E-state index is -0.616. The van der Waals surface area contributed by atoms with Gasteiger partial charge in [0.2, 0.25) is 0 Å². The molecule has 5 nitrogen and oxygen atoms in total. The summed E-state index contributed by atoms with van der Waals surface area (Å²) in [5, 5.41) is 2.66. The highest BCUT2D eigenvalue weighted by Crippen LogP contribution is 2.28. The van der Waals surface area contributed by atoms with Crippen LogP contribution in [0.25, 0.3) is 0 Å². The van der Waals surface area contributed by atoms with Gasteiger partial charge in [-0.1, -0.05) is 30.3 Å². The maximum Gasteiger partial charge on any atom is 0.261 e. The summed E-state index contributed by atoms with van der Waals surface area (Å²) < 4.78 is 33.4. The molecule has 1 heterocycles. The highest BCUT2D eigenvalue weighted by Gasteiger charge is 2.23. The number of hydrogen-bond acceptors (Lipinski definition) is 3. The van der Waals surface area contributed by atoms with Crippen LogP contribution in [0.15, 0.2) is 66.7 Å². The van der Waals surface area contributed by atoms with Crippen molar-refractivity contribution in [3.63, 3.8) is 0 Å². The van der Waals surface area contributed by atoms with Crippen molar-refractivity contribution in [2.24, 2.45) is 0 Å². The third-order valence-corrected chi connectivity index (χ3v) is 4.82. The first kappa shape index (κ1) is 19.6. The molecule has 0 radical (unpaired) electrons. The van der Waals surface area contributed by atoms with Crippen molar-refractivity contribution >= 4 is 17.5 Å². The van der Waals surface area contributed by atoms with Gasteiger partial charge in [-0.2, -0.15) is 0 Å². The number of carbonyl (C=O) groups excluding carboxylic acids is 2. The molecule has 152 valence electrons. The first-order chi connectivity index (χ1) is 14.5. The molecule has 7 heteroatoms. The molecule has 30 heavy (non-hydrogen) atoms. The summed E-state index contributed by atoms with van der Waals surface area (Å²) in [4.78, 5) is 26.3. The standard InChI is InChI=1S/C23H18F2N2O3/c24-19-7-3-1-5-15(19)12-27-13-16-11-17(9-10-21(16)30-14-22(27)28)26-23(29)18-6-2-4-8-20(18)25/h1-11H,12-14H2,(H,26,29). The summed E-state index contributed by atoms with van der Waals surface area (Å²) in [6, 6.07) is 16.9. The molecule has 0 spiro atoms. The van der Waals surface area contributed by atoms with Crippen molar-refractivity contribution in [3.05, 3.63) is 95.1 Å². The minimum Gasteiger partial charge on any atom is -0.483 e. The Hall–Kier alpha value is -3.74. The van der Waals surface area contributed by atoms with Crippen LogP contribution in [0.1, 0.15) is 21.5 Å². The molecule has 0 saturated heterocycles. The number of fused-ring (bicyclic) bond motifs is 1. The minimum absolute atomic E-state index is 0.0694. The Morgan fingerprint density at radius 2 is 1.73 bits per heavy atom. The fraction of sp³-hybridized carbons (Fsp3) is 0.130. The van der Waals surface area contributed by atoms with Crippen LogP contribution >= 0.6 is 0 Å². The maximum absolute atomic E-state index is 14.0. The normalized spacial score (nSPS) is 13.3. The lowest BCUT2D eigenvalue weighted by atomic mass is 10.1. The van der Waals surface area contributed by atoms with E-state index in [1.54, 1.807) is 42.5 Å². The highest BCUT2D eigenvalue weighted by atomic mass is 19.1. The van der Waals surface area contributed by atoms with Gasteiger partial charge in [-0.05, 0) is 36.4 Å². The highest BCUT2D eigenvalue weighted by molar-refractivity contribution is 6.04. The first-order valence-electron chi connectivity index (χ1n) is 9.34. The average molecular weight is 408 g/mol. The molecule has 3 aromatic rings. The molecule has 1 aliphatic rings. The van der Waals surface area contributed by atoms with Crippen LogP contribution in [0.4, 0.5) is 14.5 Å². The van der Waals surface area contributed by atoms with Crippen molar-refractivity contribution in [2.45, 2.75) is 13.1 Å². The molecule has 0 fully saturated rings. The summed E-state index contributed by atoms with van der Waals surface area (Å²) in [5.74, 6) is -1.35. The lowest BCUT2D eigenvalue weighted by Crippen LogP contribution is -2.32. The largest absolute Gasteiger partial charge is 0.483 e. The third-order valence-electron chi connectivity index (χ3n) is 4.82. The van der Waals surface area contributed by atoms with Crippen molar-refractivity contribution in [1.82, 2.24) is 4.90 Å². The summed E-state index contributed by atoms with van der Waals surface area (Å²) in [6.45, 7) is 0.119. The summed E-state index contributed by atoms with van der Waals surface area (Å²) in [5.41, 5.74) is 1.42. The monoisotopic (exact) mass is 408 g/mol. The van der Waals surface area contributed by atoms with Gasteiger partial charge in [0.15, 0.2) is 6.61 Å². The molecule has 0 unspecified atom stereocenters. The maximum atomic E-state index is 14.0. The first-order valence-corrected chi connectivity index (χ1v) is 9.34. The third kappa shape index (κ3) is 4.15. The summed E-state index contributed by atoms with van der Waals surface area (Å²) in [7, 11) is 0. The fourth-order valence-corrected chi connectivity index (χ4v) is 3.27. The van der Waals surface area contributed by atoms with Crippen LogP contribution in [-0.4, -0.2) is 23.3 Å². The van der Waals surface area contributed by atoms with Crippen molar-refractivity contribution in [3.8, 4) is 5.75 Å². The molecule has 2 amide bonds. The van der Waals surface area contributed by atoms with Crippen molar-refractivity contribution in [1.29, 1.82) is 0 Å². The number of carbonyl (C=O) groups is 2. The summed E-state index contributed by atoms with van der Waals surface area (Å²) in [6.07, 6.45) is 0. The van der Waals surface area contributed by atoms with Crippen LogP contribution in [0.5, 0.6) is 5.75 Å². The quantitative estimate of drug-likeness (QED) is 0.706. The number of anilines is 1. The Morgan fingerprint density at radius 3 is 2.50 bits per heavy atom. The number of hydrogen-bond donors (Lipinski definition) is 1. The SMILES string of the molecule is O=C(Nc1ccc2c(c1)CN(Cc1ccccc1F)C(=O)CO2)c1ccccc1F. The zero-order chi connectivity index (χ0) is 21.1. The van der Waals surface area contributed by atoms with E-state index in [1.165, 1.54) is 29.2 Å². The average Bonchev–Trinajstić information content (AvgIpc) is 2.88. The second-order valence-corrected chi connectivity index (χ2v) is 6.89. The zero-order valence-electron chi connectivity index (χ0n) is 15.9. The predicted molar refractivity (Wildman–Crippen MR) is 107 cm³/mol. The van der Waals surface area contributed by atoms with E-state index in [9.17, 15) is 18.4 Å². The van der Waals surface area contributed by atoms with E-state index in [-0.39, 0.29) is 37.0 Å². The summed E-state index contributed by atoms with van der Waals surface area (Å²) >= 11 is 0. The molecule has 0 bridgehead atoms. The molecule has 0 saturated carbocycles.